The second-order valence-corrected chi connectivity index (χ2v) is 23.2. The molecule has 0 spiro atoms. The highest BCUT2D eigenvalue weighted by Gasteiger charge is 2.42. The fourth-order valence-electron chi connectivity index (χ4n) is 8.46. The van der Waals surface area contributed by atoms with Gasteiger partial charge in [0.1, 0.15) is 28.3 Å². The van der Waals surface area contributed by atoms with Crippen LogP contribution < -0.4 is 19.3 Å². The highest BCUT2D eigenvalue weighted by molar-refractivity contribution is 8.05. The monoisotopic (exact) mass is 1050 g/mol. The minimum absolute atomic E-state index is 0.0339. The van der Waals surface area contributed by atoms with Gasteiger partial charge < -0.3 is 14.2 Å². The molecule has 0 saturated heterocycles. The third kappa shape index (κ3) is 11.2. The average molecular weight is 1050 g/mol. The number of halogens is 4. The molecular weight excluding hydrogens is 999 g/mol. The van der Waals surface area contributed by atoms with Crippen molar-refractivity contribution in [3.05, 3.63) is 187 Å². The molecule has 0 saturated carbocycles. The fraction of sp³-hybridized carbons (Fsp3) is 0.245. The van der Waals surface area contributed by atoms with E-state index < -0.39 is 92.5 Å². The number of carbonyl (C=O) groups excluding carboxylic acids is 2. The Morgan fingerprint density at radius 3 is 2.04 bits per heavy atom. The minimum atomic E-state index is -6.10. The normalized spacial score (nSPS) is 14.8. The number of allylic oxidation sites excluding steroid dienone is 3. The van der Waals surface area contributed by atoms with Crippen LogP contribution in [-0.4, -0.2) is 61.4 Å². The number of carbonyl (C=O) groups is 2. The first-order chi connectivity index (χ1) is 33.9. The third-order valence-corrected chi connectivity index (χ3v) is 17.8. The largest absolute Gasteiger partial charge is 0.465 e. The molecule has 7 rings (SSSR count). The molecule has 1 N–H and O–H groups in total. The summed E-state index contributed by atoms with van der Waals surface area (Å²) in [6, 6.07) is 22.6. The van der Waals surface area contributed by atoms with Crippen LogP contribution in [0.25, 0.3) is 11.6 Å². The Balaban J connectivity index is 1.22. The van der Waals surface area contributed by atoms with Crippen molar-refractivity contribution in [1.29, 1.82) is 0 Å². The Morgan fingerprint density at radius 2 is 1.40 bits per heavy atom. The molecule has 72 heavy (non-hydrogen) atoms. The molecule has 0 aromatic heterocycles. The van der Waals surface area contributed by atoms with E-state index in [4.69, 9.17) is 14.2 Å². The van der Waals surface area contributed by atoms with Gasteiger partial charge in [0.2, 0.25) is 10.0 Å². The van der Waals surface area contributed by atoms with Crippen LogP contribution in [0, 0.1) is 51.0 Å². The number of hydrogen-bond acceptors (Lipinski definition) is 11. The quantitative estimate of drug-likeness (QED) is 0.0314. The Morgan fingerprint density at radius 1 is 0.778 bits per heavy atom. The number of sulfone groups is 1. The second kappa shape index (κ2) is 21.2. The third-order valence-electron chi connectivity index (χ3n) is 12.2. The van der Waals surface area contributed by atoms with Crippen molar-refractivity contribution < 1.29 is 66.6 Å². The van der Waals surface area contributed by atoms with Crippen LogP contribution in [0.5, 0.6) is 11.5 Å². The predicted molar refractivity (Wildman–Crippen MR) is 262 cm³/mol. The van der Waals surface area contributed by atoms with Gasteiger partial charge in [0.25, 0.3) is 10.0 Å². The van der Waals surface area contributed by atoms with Crippen molar-refractivity contribution in [3.8, 4) is 11.5 Å². The Kier molecular flexibility index (Phi) is 15.6. The molecule has 378 valence electrons. The lowest BCUT2D eigenvalue weighted by Gasteiger charge is -2.28. The van der Waals surface area contributed by atoms with Crippen molar-refractivity contribution in [2.45, 2.75) is 75.3 Å². The molecule has 0 fully saturated rings. The first-order valence-corrected chi connectivity index (χ1v) is 27.1. The first kappa shape index (κ1) is 53.1. The Bertz CT molecular complexity index is 3560. The summed E-state index contributed by atoms with van der Waals surface area (Å²) in [6.45, 7) is 11.5. The number of benzene rings is 5. The lowest BCUT2D eigenvalue weighted by Crippen LogP contribution is -2.41. The summed E-state index contributed by atoms with van der Waals surface area (Å²) in [4.78, 5) is 18.9. The molecule has 1 aliphatic carbocycles. The van der Waals surface area contributed by atoms with Crippen LogP contribution in [0.2, 0.25) is 0 Å². The van der Waals surface area contributed by atoms with Crippen molar-refractivity contribution >= 4 is 53.5 Å². The number of nitrogens with one attached hydrogen (secondary N) is 1. The van der Waals surface area contributed by atoms with E-state index in [9.17, 15) is 34.8 Å². The van der Waals surface area contributed by atoms with Crippen LogP contribution in [0.3, 0.4) is 0 Å². The highest BCUT2D eigenvalue weighted by atomic mass is 32.3. The Hall–Kier alpha value is -6.67. The van der Waals surface area contributed by atoms with E-state index in [1.807, 2.05) is 82.3 Å². The van der Waals surface area contributed by atoms with Crippen molar-refractivity contribution in [1.82, 2.24) is 4.13 Å². The maximum atomic E-state index is 15.8. The zero-order chi connectivity index (χ0) is 52.4. The van der Waals surface area contributed by atoms with Gasteiger partial charge in [-0.2, -0.15) is 0 Å². The molecule has 1 aliphatic heterocycles. The number of esters is 2. The summed E-state index contributed by atoms with van der Waals surface area (Å²) in [5.74, 6) is -13.3. The zero-order valence-corrected chi connectivity index (χ0v) is 42.1. The highest BCUT2D eigenvalue weighted by Crippen LogP contribution is 2.41. The Labute approximate surface area is 415 Å². The number of fused-ring (bicyclic) bond motifs is 2. The van der Waals surface area contributed by atoms with E-state index >= 15 is 17.6 Å². The zero-order valence-electron chi connectivity index (χ0n) is 39.7. The molecule has 12 nitrogen and oxygen atoms in total. The van der Waals surface area contributed by atoms with E-state index in [1.165, 1.54) is 23.2 Å². The summed E-state index contributed by atoms with van der Waals surface area (Å²) >= 11 is 0. The minimum Gasteiger partial charge on any atom is -0.465 e. The molecule has 1 atom stereocenters. The van der Waals surface area contributed by atoms with Crippen molar-refractivity contribution in [2.75, 3.05) is 19.0 Å². The molecule has 0 amide bonds. The molecule has 5 aromatic carbocycles. The molecule has 19 heteroatoms. The maximum Gasteiger partial charge on any atom is 0.333 e. The van der Waals surface area contributed by atoms with Gasteiger partial charge in [-0.1, -0.05) is 79.4 Å². The van der Waals surface area contributed by atoms with E-state index in [1.54, 1.807) is 30.3 Å². The number of hydrogen-bond donors (Lipinski definition) is 1. The predicted octanol–water partition coefficient (Wildman–Crippen LogP) is 7.98. The fourth-order valence-corrected chi connectivity index (χ4v) is 13.3. The molecule has 2 aliphatic rings. The first-order valence-electron chi connectivity index (χ1n) is 22.4. The van der Waals surface area contributed by atoms with Crippen LogP contribution in [0.1, 0.15) is 70.7 Å². The van der Waals surface area contributed by atoms with Crippen molar-refractivity contribution in [2.24, 2.45) is 0 Å². The van der Waals surface area contributed by atoms with Crippen LogP contribution >= 0.6 is 0 Å². The van der Waals surface area contributed by atoms with E-state index in [-0.39, 0.29) is 37.0 Å². The lowest BCUT2D eigenvalue weighted by molar-refractivity contribution is -0.145. The summed E-state index contributed by atoms with van der Waals surface area (Å²) in [5.41, 5.74) is 8.01. The van der Waals surface area contributed by atoms with Gasteiger partial charge in [0.15, 0.2) is 38.0 Å². The van der Waals surface area contributed by atoms with Crippen LogP contribution in [0.15, 0.2) is 119 Å². The molecular formula is C53H49F4NO11S3. The summed E-state index contributed by atoms with van der Waals surface area (Å²) in [7, 11) is -16.8. The smallest absolute Gasteiger partial charge is 0.333 e. The average Bonchev–Trinajstić information content (AvgIpc) is 3.30. The molecule has 0 radical (unpaired) electrons. The van der Waals surface area contributed by atoms with Crippen molar-refractivity contribution in [3.63, 3.8) is 0 Å². The van der Waals surface area contributed by atoms with Crippen LogP contribution in [0.4, 0.5) is 17.6 Å². The maximum absolute atomic E-state index is 15.8. The van der Waals surface area contributed by atoms with Gasteiger partial charge >= 0.3 is 11.9 Å². The summed E-state index contributed by atoms with van der Waals surface area (Å²) in [6.07, 6.45) is 6.08. The van der Waals surface area contributed by atoms with E-state index in [2.05, 4.69) is 6.58 Å². The second-order valence-electron chi connectivity index (χ2n) is 17.4. The van der Waals surface area contributed by atoms with E-state index in [0.29, 0.717) is 34.3 Å². The topological polar surface area (TPSA) is 176 Å². The van der Waals surface area contributed by atoms with Gasteiger partial charge in [0.05, 0.1) is 12.4 Å². The molecule has 1 heterocycles. The number of ether oxygens (including phenoxy) is 3. The molecule has 0 bridgehead atoms. The van der Waals surface area contributed by atoms with Gasteiger partial charge in [-0.3, -0.25) is 4.79 Å². The van der Waals surface area contributed by atoms with Gasteiger partial charge in [-0.05, 0) is 128 Å². The number of sulfonamides is 2. The van der Waals surface area contributed by atoms with Gasteiger partial charge in [-0.15, -0.1) is 4.13 Å². The molecule has 5 aromatic rings. The number of rotatable bonds is 17. The van der Waals surface area contributed by atoms with Gasteiger partial charge in [-0.25, -0.2) is 47.6 Å². The molecule has 1 unspecified atom stereocenters. The van der Waals surface area contributed by atoms with Crippen LogP contribution in [-0.2, 0) is 55.4 Å². The van der Waals surface area contributed by atoms with E-state index in [0.717, 1.165) is 44.2 Å². The summed E-state index contributed by atoms with van der Waals surface area (Å²) < 4.78 is 163. The lowest BCUT2D eigenvalue weighted by atomic mass is 9.86. The SMILES string of the molecule is C=C(C)C(=O)OCCCC(=O)OCCS(=O)(=O)c1c(F)c(F)c(S(=O)(=O)NS(=O)(=O)C2CC=CC=C2C2=c3cc/c(=C\c4c(C)cccc4C)cc3Oc3cc(Cc4c(C)cccc4C)ccc32)c(F)c1F. The standard InChI is InChI=1S/C53H49F4NO11S3/c1-30(2)53(60)68-23-11-18-45(59)67-24-25-70(61,62)51-47(54)49(56)52(50(57)48(51)55)72(65,66)58-71(63,64)44-17-8-7-16-39(44)46-37-21-19-35(26-40-31(3)12-9-13-32(40)4)28-42(37)69-43-29-36(20-22-38(43)46)27-41-33(5)14-10-15-34(41)6/h7-10,12-16,19-22,26,28-29,44,58H,1,11,17-18,23-25,27H2,2-6H3/b35-26+. The summed E-state index contributed by atoms with van der Waals surface area (Å²) in [5, 5.41) is -0.647. The number of aryl methyl sites for hydroxylation is 4. The van der Waals surface area contributed by atoms with Gasteiger partial charge in [0, 0.05) is 28.3 Å².